The molecule has 8 heteroatoms. The van der Waals surface area contributed by atoms with Gasteiger partial charge in [0.05, 0.1) is 15.5 Å². The zero-order valence-electron chi connectivity index (χ0n) is 13.3. The Kier molecular flexibility index (Phi) is 4.41. The Morgan fingerprint density at radius 1 is 1.00 bits per heavy atom. The molecule has 1 aromatic carbocycles. The van der Waals surface area contributed by atoms with Crippen molar-refractivity contribution < 1.29 is 8.42 Å². The quantitative estimate of drug-likeness (QED) is 0.683. The number of pyridine rings is 1. The number of thiophene rings is 1. The Hall–Kier alpha value is -1.67. The van der Waals surface area contributed by atoms with Crippen molar-refractivity contribution in [3.8, 4) is 0 Å². The van der Waals surface area contributed by atoms with Gasteiger partial charge in [-0.05, 0) is 24.3 Å². The van der Waals surface area contributed by atoms with Crippen molar-refractivity contribution in [1.29, 1.82) is 0 Å². The zero-order chi connectivity index (χ0) is 17.4. The van der Waals surface area contributed by atoms with Gasteiger partial charge in [-0.15, -0.1) is 11.3 Å². The Bertz CT molecular complexity index is 1010. The Balaban J connectivity index is 1.55. The number of nitrogens with zero attached hydrogens (tertiary/aromatic N) is 3. The number of hydrogen-bond donors (Lipinski definition) is 0. The van der Waals surface area contributed by atoms with Gasteiger partial charge in [0.2, 0.25) is 0 Å². The van der Waals surface area contributed by atoms with E-state index in [-0.39, 0.29) is 0 Å². The first-order valence-electron chi connectivity index (χ1n) is 7.90. The van der Waals surface area contributed by atoms with E-state index in [2.05, 4.69) is 9.88 Å². The molecule has 0 bridgehead atoms. The van der Waals surface area contributed by atoms with E-state index in [0.717, 1.165) is 27.9 Å². The predicted molar refractivity (Wildman–Crippen MR) is 102 cm³/mol. The number of para-hydroxylation sites is 1. The highest BCUT2D eigenvalue weighted by Crippen LogP contribution is 2.30. The molecule has 0 atom stereocenters. The second-order valence-electron chi connectivity index (χ2n) is 5.80. The van der Waals surface area contributed by atoms with Crippen LogP contribution in [0.25, 0.3) is 10.9 Å². The molecular weight excluding hydrogens is 378 g/mol. The molecule has 0 aliphatic carbocycles. The van der Waals surface area contributed by atoms with Crippen LogP contribution in [0.4, 0.5) is 5.69 Å². The summed E-state index contributed by atoms with van der Waals surface area (Å²) in [7, 11) is -3.46. The SMILES string of the molecule is O=S(=O)(c1ccc(Cl)s1)N1CCN(c2cccc3cccnc23)CC1. The van der Waals surface area contributed by atoms with Crippen LogP contribution in [0.3, 0.4) is 0 Å². The van der Waals surface area contributed by atoms with E-state index in [4.69, 9.17) is 11.6 Å². The van der Waals surface area contributed by atoms with Crippen molar-refractivity contribution in [3.63, 3.8) is 0 Å². The highest BCUT2D eigenvalue weighted by molar-refractivity contribution is 7.91. The molecule has 0 radical (unpaired) electrons. The molecule has 0 spiro atoms. The summed E-state index contributed by atoms with van der Waals surface area (Å²) in [5.74, 6) is 0. The highest BCUT2D eigenvalue weighted by Gasteiger charge is 2.30. The summed E-state index contributed by atoms with van der Waals surface area (Å²) in [5.41, 5.74) is 2.00. The minimum atomic E-state index is -3.46. The van der Waals surface area contributed by atoms with E-state index >= 15 is 0 Å². The van der Waals surface area contributed by atoms with Gasteiger partial charge in [-0.2, -0.15) is 4.31 Å². The summed E-state index contributed by atoms with van der Waals surface area (Å²) in [6.45, 7) is 2.16. The molecule has 130 valence electrons. The number of hydrogen-bond acceptors (Lipinski definition) is 5. The first-order chi connectivity index (χ1) is 12.1. The molecule has 5 nitrogen and oxygen atoms in total. The number of rotatable bonds is 3. The van der Waals surface area contributed by atoms with Crippen molar-refractivity contribution in [2.45, 2.75) is 4.21 Å². The van der Waals surface area contributed by atoms with Gasteiger partial charge in [-0.25, -0.2) is 8.42 Å². The average Bonchev–Trinajstić information content (AvgIpc) is 3.09. The van der Waals surface area contributed by atoms with Crippen molar-refractivity contribution in [2.75, 3.05) is 31.1 Å². The third-order valence-corrected chi connectivity index (χ3v) is 7.93. The fourth-order valence-corrected chi connectivity index (χ4v) is 6.14. The average molecular weight is 394 g/mol. The first-order valence-corrected chi connectivity index (χ1v) is 10.5. The fourth-order valence-electron chi connectivity index (χ4n) is 3.08. The van der Waals surface area contributed by atoms with Gasteiger partial charge in [0.15, 0.2) is 0 Å². The van der Waals surface area contributed by atoms with Crippen LogP contribution in [0.5, 0.6) is 0 Å². The number of benzene rings is 1. The molecule has 1 aliphatic heterocycles. The first kappa shape index (κ1) is 16.8. The van der Waals surface area contributed by atoms with Crippen LogP contribution in [-0.2, 0) is 10.0 Å². The van der Waals surface area contributed by atoms with E-state index in [0.29, 0.717) is 34.7 Å². The van der Waals surface area contributed by atoms with Crippen LogP contribution in [0.2, 0.25) is 4.34 Å². The third kappa shape index (κ3) is 3.13. The monoisotopic (exact) mass is 393 g/mol. The van der Waals surface area contributed by atoms with Crippen LogP contribution in [0.1, 0.15) is 0 Å². The molecular formula is C17H16ClN3O2S2. The van der Waals surface area contributed by atoms with E-state index in [1.165, 1.54) is 4.31 Å². The molecule has 0 unspecified atom stereocenters. The lowest BCUT2D eigenvalue weighted by Crippen LogP contribution is -2.48. The van der Waals surface area contributed by atoms with Crippen molar-refractivity contribution >= 4 is 49.6 Å². The number of fused-ring (bicyclic) bond motifs is 1. The van der Waals surface area contributed by atoms with Gasteiger partial charge in [-0.3, -0.25) is 4.98 Å². The molecule has 1 saturated heterocycles. The second-order valence-corrected chi connectivity index (χ2v) is 9.68. The highest BCUT2D eigenvalue weighted by atomic mass is 35.5. The van der Waals surface area contributed by atoms with Crippen molar-refractivity contribution in [2.24, 2.45) is 0 Å². The fraction of sp³-hybridized carbons (Fsp3) is 0.235. The van der Waals surface area contributed by atoms with E-state index in [1.807, 2.05) is 30.3 Å². The lowest BCUT2D eigenvalue weighted by atomic mass is 10.1. The van der Waals surface area contributed by atoms with Crippen LogP contribution in [-0.4, -0.2) is 43.9 Å². The van der Waals surface area contributed by atoms with Crippen LogP contribution in [0, 0.1) is 0 Å². The smallest absolute Gasteiger partial charge is 0.252 e. The molecule has 1 fully saturated rings. The molecule has 0 amide bonds. The summed E-state index contributed by atoms with van der Waals surface area (Å²) >= 11 is 6.98. The largest absolute Gasteiger partial charge is 0.367 e. The lowest BCUT2D eigenvalue weighted by molar-refractivity contribution is 0.386. The molecule has 3 heterocycles. The summed E-state index contributed by atoms with van der Waals surface area (Å²) in [6, 6.07) is 13.2. The van der Waals surface area contributed by atoms with Crippen molar-refractivity contribution in [1.82, 2.24) is 9.29 Å². The predicted octanol–water partition coefficient (Wildman–Crippen LogP) is 3.46. The molecule has 2 aromatic heterocycles. The maximum Gasteiger partial charge on any atom is 0.252 e. The normalized spacial score (nSPS) is 16.4. The maximum absolute atomic E-state index is 12.7. The number of anilines is 1. The maximum atomic E-state index is 12.7. The Morgan fingerprint density at radius 3 is 2.48 bits per heavy atom. The second kappa shape index (κ2) is 6.57. The zero-order valence-corrected chi connectivity index (χ0v) is 15.7. The number of aromatic nitrogens is 1. The van der Waals surface area contributed by atoms with Crippen LogP contribution >= 0.6 is 22.9 Å². The number of piperazine rings is 1. The molecule has 3 aromatic rings. The van der Waals surface area contributed by atoms with E-state index in [9.17, 15) is 8.42 Å². The topological polar surface area (TPSA) is 53.5 Å². The van der Waals surface area contributed by atoms with E-state index < -0.39 is 10.0 Å². The van der Waals surface area contributed by atoms with Gasteiger partial charge in [-0.1, -0.05) is 29.8 Å². The molecule has 1 aliphatic rings. The minimum absolute atomic E-state index is 0.303. The van der Waals surface area contributed by atoms with Crippen LogP contribution in [0.15, 0.2) is 52.9 Å². The number of sulfonamides is 1. The lowest BCUT2D eigenvalue weighted by Gasteiger charge is -2.35. The third-order valence-electron chi connectivity index (χ3n) is 4.33. The molecule has 0 N–H and O–H groups in total. The van der Waals surface area contributed by atoms with Gasteiger partial charge >= 0.3 is 0 Å². The van der Waals surface area contributed by atoms with Crippen LogP contribution < -0.4 is 4.90 Å². The summed E-state index contributed by atoms with van der Waals surface area (Å²) in [5, 5.41) is 1.09. The minimum Gasteiger partial charge on any atom is -0.367 e. The van der Waals surface area contributed by atoms with Gasteiger partial charge < -0.3 is 4.90 Å². The van der Waals surface area contributed by atoms with Crippen molar-refractivity contribution in [3.05, 3.63) is 53.0 Å². The summed E-state index contributed by atoms with van der Waals surface area (Å²) in [6.07, 6.45) is 1.78. The summed E-state index contributed by atoms with van der Waals surface area (Å²) in [4.78, 5) is 6.69. The van der Waals surface area contributed by atoms with Gasteiger partial charge in [0, 0.05) is 37.8 Å². The van der Waals surface area contributed by atoms with E-state index in [1.54, 1.807) is 18.3 Å². The molecule has 4 rings (SSSR count). The number of halogens is 1. The standard InChI is InChI=1S/C17H16ClN3O2S2/c18-15-6-7-16(24-15)25(22,23)21-11-9-20(10-12-21)14-5-1-3-13-4-2-8-19-17(13)14/h1-8H,9-12H2. The Labute approximate surface area is 155 Å². The van der Waals surface area contributed by atoms with Gasteiger partial charge in [0.1, 0.15) is 4.21 Å². The Morgan fingerprint density at radius 2 is 1.76 bits per heavy atom. The molecule has 25 heavy (non-hydrogen) atoms. The summed E-state index contributed by atoms with van der Waals surface area (Å²) < 4.78 is 27.7. The molecule has 0 saturated carbocycles. The van der Waals surface area contributed by atoms with Gasteiger partial charge in [0.25, 0.3) is 10.0 Å².